The van der Waals surface area contributed by atoms with E-state index in [1.54, 1.807) is 0 Å². The van der Waals surface area contributed by atoms with Gasteiger partial charge >= 0.3 is 0 Å². The van der Waals surface area contributed by atoms with Crippen molar-refractivity contribution in [1.82, 2.24) is 10.2 Å². The summed E-state index contributed by atoms with van der Waals surface area (Å²) in [6.07, 6.45) is 4.97. The molecular weight excluding hydrogens is 228 g/mol. The van der Waals surface area contributed by atoms with E-state index in [2.05, 4.69) is 24.1 Å². The molecule has 1 saturated carbocycles. The topological polar surface area (TPSA) is 33.7 Å². The number of nitrogens with zero attached hydrogens (tertiary/aromatic N) is 1. The molecule has 3 atom stereocenters. The second-order valence-electron chi connectivity index (χ2n) is 6.22. The molecule has 4 nitrogen and oxygen atoms in total. The highest BCUT2D eigenvalue weighted by Gasteiger charge is 2.44. The van der Waals surface area contributed by atoms with Crippen molar-refractivity contribution in [2.45, 2.75) is 63.5 Å². The highest BCUT2D eigenvalue weighted by atomic mass is 16.7. The molecule has 0 radical (unpaired) electrons. The molecule has 18 heavy (non-hydrogen) atoms. The molecular formula is C14H26N2O2. The quantitative estimate of drug-likeness (QED) is 0.806. The first-order valence-corrected chi connectivity index (χ1v) is 7.47. The lowest BCUT2D eigenvalue weighted by Crippen LogP contribution is -2.57. The van der Waals surface area contributed by atoms with Crippen LogP contribution in [0.4, 0.5) is 0 Å². The molecule has 0 bridgehead atoms. The van der Waals surface area contributed by atoms with Crippen LogP contribution in [0.1, 0.15) is 39.5 Å². The van der Waals surface area contributed by atoms with Gasteiger partial charge in [0.2, 0.25) is 0 Å². The van der Waals surface area contributed by atoms with E-state index in [0.717, 1.165) is 39.1 Å². The van der Waals surface area contributed by atoms with Gasteiger partial charge in [0, 0.05) is 44.6 Å². The van der Waals surface area contributed by atoms with Gasteiger partial charge in [-0.2, -0.15) is 0 Å². The molecule has 0 amide bonds. The van der Waals surface area contributed by atoms with Crippen LogP contribution < -0.4 is 5.32 Å². The minimum atomic E-state index is -0.203. The fraction of sp³-hybridized carbons (Fsp3) is 1.00. The Labute approximate surface area is 110 Å². The van der Waals surface area contributed by atoms with E-state index < -0.39 is 0 Å². The molecule has 0 aromatic rings. The first-order chi connectivity index (χ1) is 8.69. The summed E-state index contributed by atoms with van der Waals surface area (Å²) in [6, 6.07) is 1.19. The van der Waals surface area contributed by atoms with E-state index in [0.29, 0.717) is 12.1 Å². The molecule has 3 aliphatic rings. The standard InChI is InChI=1S/C14H26N2O2/c1-11-7-15-8-12(2)16(11)9-13-10-17-14(18-13)5-3-4-6-14/h11-13,15H,3-10H2,1-2H3. The van der Waals surface area contributed by atoms with Crippen LogP contribution in [0, 0.1) is 0 Å². The maximum absolute atomic E-state index is 6.22. The summed E-state index contributed by atoms with van der Waals surface area (Å²) in [4.78, 5) is 2.57. The average Bonchev–Trinajstić information content (AvgIpc) is 2.96. The summed E-state index contributed by atoms with van der Waals surface area (Å²) < 4.78 is 12.2. The number of rotatable bonds is 2. The highest BCUT2D eigenvalue weighted by molar-refractivity contribution is 4.89. The second kappa shape index (κ2) is 5.08. The molecule has 1 spiro atoms. The maximum Gasteiger partial charge on any atom is 0.168 e. The summed E-state index contributed by atoms with van der Waals surface area (Å²) in [6.45, 7) is 8.56. The van der Waals surface area contributed by atoms with Gasteiger partial charge in [-0.3, -0.25) is 4.90 Å². The lowest BCUT2D eigenvalue weighted by molar-refractivity contribution is -0.164. The molecule has 0 aromatic carbocycles. The van der Waals surface area contributed by atoms with Crippen molar-refractivity contribution in [3.8, 4) is 0 Å². The first-order valence-electron chi connectivity index (χ1n) is 7.47. The van der Waals surface area contributed by atoms with Crippen molar-refractivity contribution in [1.29, 1.82) is 0 Å². The summed E-state index contributed by atoms with van der Waals surface area (Å²) in [7, 11) is 0. The van der Waals surface area contributed by atoms with Crippen LogP contribution >= 0.6 is 0 Å². The minimum Gasteiger partial charge on any atom is -0.347 e. The molecule has 104 valence electrons. The second-order valence-corrected chi connectivity index (χ2v) is 6.22. The Hall–Kier alpha value is -0.160. The van der Waals surface area contributed by atoms with E-state index in [-0.39, 0.29) is 11.9 Å². The third-order valence-corrected chi connectivity index (χ3v) is 4.71. The molecule has 1 N–H and O–H groups in total. The van der Waals surface area contributed by atoms with E-state index in [4.69, 9.17) is 9.47 Å². The summed E-state index contributed by atoms with van der Waals surface area (Å²) in [5, 5.41) is 3.47. The van der Waals surface area contributed by atoms with Crippen molar-refractivity contribution in [2.24, 2.45) is 0 Å². The van der Waals surface area contributed by atoms with Crippen molar-refractivity contribution >= 4 is 0 Å². The molecule has 3 unspecified atom stereocenters. The van der Waals surface area contributed by atoms with Crippen LogP contribution in [0.2, 0.25) is 0 Å². The number of nitrogens with one attached hydrogen (secondary N) is 1. The summed E-state index contributed by atoms with van der Waals surface area (Å²) >= 11 is 0. The van der Waals surface area contributed by atoms with Gasteiger partial charge in [0.25, 0.3) is 0 Å². The molecule has 2 saturated heterocycles. The minimum absolute atomic E-state index is 0.203. The Bertz CT molecular complexity index is 282. The molecule has 4 heteroatoms. The third kappa shape index (κ3) is 2.44. The van der Waals surface area contributed by atoms with Crippen LogP contribution in [0.25, 0.3) is 0 Å². The van der Waals surface area contributed by atoms with Crippen LogP contribution in [0.5, 0.6) is 0 Å². The normalized spacial score (nSPS) is 40.7. The Kier molecular flexibility index (Phi) is 3.63. The Morgan fingerprint density at radius 3 is 2.50 bits per heavy atom. The Morgan fingerprint density at radius 2 is 1.83 bits per heavy atom. The summed E-state index contributed by atoms with van der Waals surface area (Å²) in [5.41, 5.74) is 0. The largest absolute Gasteiger partial charge is 0.347 e. The number of hydrogen-bond donors (Lipinski definition) is 1. The first kappa shape index (κ1) is 12.9. The van der Waals surface area contributed by atoms with Gasteiger partial charge < -0.3 is 14.8 Å². The summed E-state index contributed by atoms with van der Waals surface area (Å²) in [5.74, 6) is -0.203. The van der Waals surface area contributed by atoms with E-state index in [1.165, 1.54) is 12.8 Å². The molecule has 3 rings (SSSR count). The van der Waals surface area contributed by atoms with E-state index >= 15 is 0 Å². The van der Waals surface area contributed by atoms with Crippen LogP contribution in [-0.2, 0) is 9.47 Å². The monoisotopic (exact) mass is 254 g/mol. The predicted octanol–water partition coefficient (Wildman–Crippen LogP) is 1.35. The highest BCUT2D eigenvalue weighted by Crippen LogP contribution is 2.39. The van der Waals surface area contributed by atoms with E-state index in [9.17, 15) is 0 Å². The predicted molar refractivity (Wildman–Crippen MR) is 70.5 cm³/mol. The van der Waals surface area contributed by atoms with Crippen molar-refractivity contribution < 1.29 is 9.47 Å². The SMILES string of the molecule is CC1CNCC(C)N1CC1COC2(CCCC2)O1. The van der Waals surface area contributed by atoms with Crippen molar-refractivity contribution in [2.75, 3.05) is 26.2 Å². The molecule has 1 aliphatic carbocycles. The van der Waals surface area contributed by atoms with Gasteiger partial charge in [-0.15, -0.1) is 0 Å². The fourth-order valence-electron chi connectivity index (χ4n) is 3.65. The van der Waals surface area contributed by atoms with Crippen LogP contribution in [0.15, 0.2) is 0 Å². The van der Waals surface area contributed by atoms with Crippen LogP contribution in [-0.4, -0.2) is 55.1 Å². The van der Waals surface area contributed by atoms with E-state index in [1.807, 2.05) is 0 Å². The van der Waals surface area contributed by atoms with Gasteiger partial charge in [-0.05, 0) is 26.7 Å². The number of ether oxygens (including phenoxy) is 2. The zero-order chi connectivity index (χ0) is 12.6. The number of piperazine rings is 1. The van der Waals surface area contributed by atoms with Gasteiger partial charge in [0.1, 0.15) is 0 Å². The smallest absolute Gasteiger partial charge is 0.168 e. The Balaban J connectivity index is 1.56. The molecule has 2 heterocycles. The van der Waals surface area contributed by atoms with Crippen molar-refractivity contribution in [3.63, 3.8) is 0 Å². The fourth-order valence-corrected chi connectivity index (χ4v) is 3.65. The third-order valence-electron chi connectivity index (χ3n) is 4.71. The Morgan fingerprint density at radius 1 is 1.17 bits per heavy atom. The maximum atomic E-state index is 6.22. The van der Waals surface area contributed by atoms with Gasteiger partial charge in [0.05, 0.1) is 12.7 Å². The lowest BCUT2D eigenvalue weighted by atomic mass is 10.1. The van der Waals surface area contributed by atoms with Gasteiger partial charge in [-0.25, -0.2) is 0 Å². The van der Waals surface area contributed by atoms with Gasteiger partial charge in [0.15, 0.2) is 5.79 Å². The molecule has 0 aromatic heterocycles. The zero-order valence-electron chi connectivity index (χ0n) is 11.7. The van der Waals surface area contributed by atoms with Gasteiger partial charge in [-0.1, -0.05) is 0 Å². The average molecular weight is 254 g/mol. The molecule has 3 fully saturated rings. The van der Waals surface area contributed by atoms with Crippen molar-refractivity contribution in [3.05, 3.63) is 0 Å². The lowest BCUT2D eigenvalue weighted by Gasteiger charge is -2.40. The molecule has 2 aliphatic heterocycles. The number of hydrogen-bond acceptors (Lipinski definition) is 4. The zero-order valence-corrected chi connectivity index (χ0v) is 11.7. The van der Waals surface area contributed by atoms with Crippen LogP contribution in [0.3, 0.4) is 0 Å².